The molecule has 0 aliphatic carbocycles. The molecular weight excluding hydrogens is 492 g/mol. The lowest BCUT2D eigenvalue weighted by atomic mass is 9.90. The molecule has 1 unspecified atom stereocenters. The minimum Gasteiger partial charge on any atom is -0.497 e. The summed E-state index contributed by atoms with van der Waals surface area (Å²) in [7, 11) is 3.32. The van der Waals surface area contributed by atoms with Crippen molar-refractivity contribution < 1.29 is 14.2 Å². The van der Waals surface area contributed by atoms with Gasteiger partial charge in [0.1, 0.15) is 17.3 Å². The van der Waals surface area contributed by atoms with Gasteiger partial charge in [-0.25, -0.2) is 0 Å². The summed E-state index contributed by atoms with van der Waals surface area (Å²) in [6, 6.07) is 32.4. The zero-order valence-corrected chi connectivity index (χ0v) is 22.3. The number of methoxy groups -OCH3 is 2. The van der Waals surface area contributed by atoms with Crippen LogP contribution in [0.3, 0.4) is 0 Å². The van der Waals surface area contributed by atoms with E-state index in [0.717, 1.165) is 22.4 Å². The van der Waals surface area contributed by atoms with E-state index >= 15 is 0 Å². The number of H-pyrrole nitrogens is 1. The maximum Gasteiger partial charge on any atom is 0.161 e. The van der Waals surface area contributed by atoms with E-state index < -0.39 is 0 Å². The minimum atomic E-state index is 0.0744. The second-order valence-electron chi connectivity index (χ2n) is 8.97. The van der Waals surface area contributed by atoms with Crippen LogP contribution in [0.4, 0.5) is 0 Å². The van der Waals surface area contributed by atoms with Crippen LogP contribution in [-0.4, -0.2) is 30.7 Å². The van der Waals surface area contributed by atoms with Crippen molar-refractivity contribution in [2.45, 2.75) is 12.5 Å². The highest BCUT2D eigenvalue weighted by Crippen LogP contribution is 2.32. The average Bonchev–Trinajstić information content (AvgIpc) is 3.41. The van der Waals surface area contributed by atoms with Crippen molar-refractivity contribution in [2.24, 2.45) is 0 Å². The molecule has 0 bridgehead atoms. The molecular formula is C32H30N2O3S. The van der Waals surface area contributed by atoms with Crippen LogP contribution in [0.15, 0.2) is 103 Å². The molecule has 0 radical (unpaired) electrons. The molecule has 0 spiro atoms. The number of thiocarbonyl (C=S) groups is 1. The highest BCUT2D eigenvalue weighted by molar-refractivity contribution is 7.80. The van der Waals surface area contributed by atoms with E-state index in [1.54, 1.807) is 14.2 Å². The molecule has 5 rings (SSSR count). The first kappa shape index (κ1) is 25.4. The number of hydrogen-bond donors (Lipinski definition) is 2. The summed E-state index contributed by atoms with van der Waals surface area (Å²) in [5.41, 5.74) is 5.46. The van der Waals surface area contributed by atoms with Crippen molar-refractivity contribution >= 4 is 28.1 Å². The molecule has 1 heterocycles. The molecule has 5 aromatic rings. The fourth-order valence-corrected chi connectivity index (χ4v) is 4.80. The smallest absolute Gasteiger partial charge is 0.161 e. The van der Waals surface area contributed by atoms with Gasteiger partial charge >= 0.3 is 0 Å². The molecule has 5 nitrogen and oxygen atoms in total. The van der Waals surface area contributed by atoms with Crippen molar-refractivity contribution in [1.82, 2.24) is 10.3 Å². The zero-order valence-electron chi connectivity index (χ0n) is 21.4. The maximum absolute atomic E-state index is 6.01. The lowest BCUT2D eigenvalue weighted by Crippen LogP contribution is -2.28. The summed E-state index contributed by atoms with van der Waals surface area (Å²) in [5, 5.41) is 4.69. The number of rotatable bonds is 10. The van der Waals surface area contributed by atoms with Crippen LogP contribution in [0, 0.1) is 0 Å². The predicted octanol–water partition coefficient (Wildman–Crippen LogP) is 6.86. The van der Waals surface area contributed by atoms with E-state index in [1.807, 2.05) is 66.7 Å². The second-order valence-corrected chi connectivity index (χ2v) is 9.37. The van der Waals surface area contributed by atoms with Crippen LogP contribution in [0.25, 0.3) is 10.9 Å². The lowest BCUT2D eigenvalue weighted by Gasteiger charge is -2.20. The van der Waals surface area contributed by atoms with Crippen LogP contribution in [0.5, 0.6) is 17.2 Å². The van der Waals surface area contributed by atoms with E-state index in [4.69, 9.17) is 26.4 Å². The van der Waals surface area contributed by atoms with Gasteiger partial charge in [-0.15, -0.1) is 0 Å². The van der Waals surface area contributed by atoms with Gasteiger partial charge in [-0.1, -0.05) is 72.9 Å². The third kappa shape index (κ3) is 5.66. The number of aromatic amines is 1. The summed E-state index contributed by atoms with van der Waals surface area (Å²) < 4.78 is 17.0. The Morgan fingerprint density at radius 2 is 1.61 bits per heavy atom. The monoisotopic (exact) mass is 522 g/mol. The fourth-order valence-electron chi connectivity index (χ4n) is 4.59. The van der Waals surface area contributed by atoms with Gasteiger partial charge in [0.05, 0.1) is 14.2 Å². The molecule has 1 aromatic heterocycles. The number of benzene rings is 4. The fraction of sp³-hybridized carbons (Fsp3) is 0.156. The quantitative estimate of drug-likeness (QED) is 0.196. The Bertz CT molecular complexity index is 1510. The molecule has 1 atom stereocenters. The Kier molecular flexibility index (Phi) is 7.90. The average molecular weight is 523 g/mol. The first-order valence-electron chi connectivity index (χ1n) is 12.5. The van der Waals surface area contributed by atoms with E-state index in [2.05, 4.69) is 46.8 Å². The van der Waals surface area contributed by atoms with Gasteiger partial charge in [-0.3, -0.25) is 0 Å². The molecule has 38 heavy (non-hydrogen) atoms. The van der Waals surface area contributed by atoms with Gasteiger partial charge in [-0.2, -0.15) is 0 Å². The van der Waals surface area contributed by atoms with E-state index in [0.29, 0.717) is 29.6 Å². The number of para-hydroxylation sites is 1. The largest absolute Gasteiger partial charge is 0.497 e. The van der Waals surface area contributed by atoms with Crippen LogP contribution in [-0.2, 0) is 6.61 Å². The van der Waals surface area contributed by atoms with Gasteiger partial charge in [0.15, 0.2) is 11.5 Å². The van der Waals surface area contributed by atoms with Crippen molar-refractivity contribution in [2.75, 3.05) is 20.8 Å². The van der Waals surface area contributed by atoms with Gasteiger partial charge in [0.25, 0.3) is 0 Å². The molecule has 4 aromatic carbocycles. The first-order valence-corrected chi connectivity index (χ1v) is 12.9. The minimum absolute atomic E-state index is 0.0744. The maximum atomic E-state index is 6.01. The van der Waals surface area contributed by atoms with Gasteiger partial charge in [0.2, 0.25) is 0 Å². The second kappa shape index (κ2) is 11.8. The molecule has 2 N–H and O–H groups in total. The van der Waals surface area contributed by atoms with Gasteiger partial charge in [-0.05, 0) is 53.1 Å². The van der Waals surface area contributed by atoms with Crippen LogP contribution in [0.1, 0.15) is 28.2 Å². The molecule has 0 amide bonds. The topological polar surface area (TPSA) is 55.5 Å². The zero-order chi connectivity index (χ0) is 26.3. The van der Waals surface area contributed by atoms with E-state index in [1.165, 1.54) is 16.5 Å². The summed E-state index contributed by atoms with van der Waals surface area (Å²) >= 11 is 5.81. The Morgan fingerprint density at radius 1 is 0.842 bits per heavy atom. The highest BCUT2D eigenvalue weighted by atomic mass is 32.1. The van der Waals surface area contributed by atoms with Crippen molar-refractivity contribution in [3.05, 3.63) is 126 Å². The summed E-state index contributed by atoms with van der Waals surface area (Å²) in [6.45, 7) is 1.09. The van der Waals surface area contributed by atoms with Crippen molar-refractivity contribution in [3.8, 4) is 17.2 Å². The normalized spacial score (nSPS) is 11.6. The van der Waals surface area contributed by atoms with Gasteiger partial charge < -0.3 is 24.5 Å². The van der Waals surface area contributed by atoms with E-state index in [9.17, 15) is 0 Å². The number of fused-ring (bicyclic) bond motifs is 1. The third-order valence-corrected chi connectivity index (χ3v) is 7.02. The molecule has 6 heteroatoms. The molecule has 0 aliphatic rings. The SMILES string of the molecule is COc1ccc(C(CNC(=S)c2ccc(OCc3ccccc3)c(OC)c2)c2c[nH]c3ccccc23)cc1. The van der Waals surface area contributed by atoms with Crippen molar-refractivity contribution in [1.29, 1.82) is 0 Å². The third-order valence-electron chi connectivity index (χ3n) is 6.64. The summed E-state index contributed by atoms with van der Waals surface area (Å²) in [6.07, 6.45) is 2.09. The van der Waals surface area contributed by atoms with Crippen LogP contribution < -0.4 is 19.5 Å². The van der Waals surface area contributed by atoms with Crippen LogP contribution >= 0.6 is 12.2 Å². The van der Waals surface area contributed by atoms with Crippen LogP contribution in [0.2, 0.25) is 0 Å². The molecule has 0 aliphatic heterocycles. The lowest BCUT2D eigenvalue weighted by molar-refractivity contribution is 0.284. The molecule has 0 fully saturated rings. The Hall–Kier alpha value is -4.29. The Morgan fingerprint density at radius 3 is 2.37 bits per heavy atom. The van der Waals surface area contributed by atoms with Gasteiger partial charge in [0, 0.05) is 35.1 Å². The molecule has 0 saturated carbocycles. The number of hydrogen-bond acceptors (Lipinski definition) is 4. The van der Waals surface area contributed by atoms with E-state index in [-0.39, 0.29) is 5.92 Å². The number of aromatic nitrogens is 1. The number of nitrogens with one attached hydrogen (secondary N) is 2. The Labute approximate surface area is 228 Å². The standard InChI is InChI=1S/C32H30N2O3S/c1-35-25-15-12-23(13-16-25)27(28-20-33-29-11-7-6-10-26(28)29)19-34-32(38)24-14-17-30(31(18-24)36-2)37-21-22-8-4-3-5-9-22/h3-18,20,27,33H,19,21H2,1-2H3,(H,34,38). The molecule has 0 saturated heterocycles. The number of ether oxygens (including phenoxy) is 3. The highest BCUT2D eigenvalue weighted by Gasteiger charge is 2.19. The first-order chi connectivity index (χ1) is 18.7. The summed E-state index contributed by atoms with van der Waals surface area (Å²) in [5.74, 6) is 2.23. The van der Waals surface area contributed by atoms with Crippen molar-refractivity contribution in [3.63, 3.8) is 0 Å². The molecule has 192 valence electrons. The predicted molar refractivity (Wildman–Crippen MR) is 157 cm³/mol. The Balaban J connectivity index is 1.34. The summed E-state index contributed by atoms with van der Waals surface area (Å²) in [4.78, 5) is 4.06.